The van der Waals surface area contributed by atoms with Gasteiger partial charge in [-0.3, -0.25) is 19.6 Å². The van der Waals surface area contributed by atoms with Gasteiger partial charge < -0.3 is 4.90 Å². The molecular formula is C22H32N6O3S. The zero-order valence-electron chi connectivity index (χ0n) is 18.6. The Hall–Kier alpha value is -2.27. The molecule has 0 aliphatic carbocycles. The molecule has 3 heterocycles. The molecule has 4 rings (SSSR count). The maximum atomic E-state index is 12.3. The van der Waals surface area contributed by atoms with Gasteiger partial charge in [-0.15, -0.1) is 0 Å². The Morgan fingerprint density at radius 2 is 1.53 bits per heavy atom. The van der Waals surface area contributed by atoms with Gasteiger partial charge in [-0.1, -0.05) is 30.3 Å². The predicted molar refractivity (Wildman–Crippen MR) is 125 cm³/mol. The Kier molecular flexibility index (Phi) is 7.24. The number of H-pyrrole nitrogens is 1. The smallest absolute Gasteiger partial charge is 0.252 e. The number of nitrogens with zero attached hydrogens (tertiary/aromatic N) is 5. The van der Waals surface area contributed by atoms with Crippen LogP contribution in [0.1, 0.15) is 18.2 Å². The summed E-state index contributed by atoms with van der Waals surface area (Å²) in [5.41, 5.74) is 1.91. The largest absolute Gasteiger partial charge is 0.340 e. The molecule has 9 nitrogen and oxygen atoms in total. The Morgan fingerprint density at radius 3 is 2.16 bits per heavy atom. The van der Waals surface area contributed by atoms with Crippen LogP contribution in [0.4, 0.5) is 5.95 Å². The maximum Gasteiger partial charge on any atom is 0.252 e. The van der Waals surface area contributed by atoms with Crippen LogP contribution in [0.2, 0.25) is 0 Å². The van der Waals surface area contributed by atoms with Crippen LogP contribution in [0, 0.1) is 0 Å². The van der Waals surface area contributed by atoms with Crippen LogP contribution in [0.25, 0.3) is 0 Å². The van der Waals surface area contributed by atoms with Crippen LogP contribution in [0.15, 0.2) is 41.2 Å². The van der Waals surface area contributed by atoms with E-state index in [1.54, 1.807) is 13.0 Å². The van der Waals surface area contributed by atoms with Crippen LogP contribution >= 0.6 is 0 Å². The van der Waals surface area contributed by atoms with E-state index in [0.717, 1.165) is 38.4 Å². The van der Waals surface area contributed by atoms with Crippen molar-refractivity contribution in [1.29, 1.82) is 0 Å². The van der Waals surface area contributed by atoms with Gasteiger partial charge in [-0.05, 0) is 12.5 Å². The normalized spacial score (nSPS) is 19.3. The molecule has 1 aromatic carbocycles. The van der Waals surface area contributed by atoms with Gasteiger partial charge in [-0.25, -0.2) is 13.4 Å². The molecule has 2 saturated heterocycles. The van der Waals surface area contributed by atoms with E-state index in [1.165, 1.54) is 9.87 Å². The van der Waals surface area contributed by atoms with Crippen LogP contribution in [0.5, 0.6) is 0 Å². The molecule has 0 radical (unpaired) electrons. The van der Waals surface area contributed by atoms with E-state index in [4.69, 9.17) is 4.98 Å². The minimum Gasteiger partial charge on any atom is -0.340 e. The topological polar surface area (TPSA) is 92.8 Å². The summed E-state index contributed by atoms with van der Waals surface area (Å²) in [6, 6.07) is 12.1. The third-order valence-electron chi connectivity index (χ3n) is 6.18. The lowest BCUT2D eigenvalue weighted by molar-refractivity contribution is 0.121. The van der Waals surface area contributed by atoms with E-state index < -0.39 is 10.0 Å². The number of aromatic amines is 1. The third-order valence-corrected chi connectivity index (χ3v) is 8.06. The van der Waals surface area contributed by atoms with E-state index in [2.05, 4.69) is 39.0 Å². The number of nitrogens with one attached hydrogen (secondary N) is 1. The third kappa shape index (κ3) is 5.74. The number of rotatable bonds is 7. The molecule has 0 spiro atoms. The minimum atomic E-state index is -3.18. The molecular weight excluding hydrogens is 428 g/mol. The zero-order valence-corrected chi connectivity index (χ0v) is 19.4. The summed E-state index contributed by atoms with van der Waals surface area (Å²) in [6.45, 7) is 8.95. The highest BCUT2D eigenvalue weighted by atomic mass is 32.2. The van der Waals surface area contributed by atoms with Gasteiger partial charge in [0.15, 0.2) is 0 Å². The van der Waals surface area contributed by atoms with Crippen molar-refractivity contribution in [3.05, 3.63) is 58.0 Å². The van der Waals surface area contributed by atoms with Crippen LogP contribution in [-0.2, 0) is 23.1 Å². The highest BCUT2D eigenvalue weighted by molar-refractivity contribution is 7.89. The van der Waals surface area contributed by atoms with Gasteiger partial charge in [0.25, 0.3) is 5.56 Å². The van der Waals surface area contributed by atoms with Gasteiger partial charge in [-0.2, -0.15) is 4.31 Å². The number of aromatic nitrogens is 2. The molecule has 174 valence electrons. The molecule has 0 atom stereocenters. The second kappa shape index (κ2) is 10.1. The first-order valence-corrected chi connectivity index (χ1v) is 12.9. The molecule has 2 aliphatic rings. The van der Waals surface area contributed by atoms with E-state index in [-0.39, 0.29) is 11.3 Å². The van der Waals surface area contributed by atoms with Crippen LogP contribution < -0.4 is 10.5 Å². The lowest BCUT2D eigenvalue weighted by Gasteiger charge is -2.35. The fraction of sp³-hybridized carbons (Fsp3) is 0.545. The minimum absolute atomic E-state index is 0.107. The molecule has 10 heteroatoms. The van der Waals surface area contributed by atoms with Crippen molar-refractivity contribution in [2.24, 2.45) is 0 Å². The number of benzene rings is 1. The molecule has 0 unspecified atom stereocenters. The molecule has 32 heavy (non-hydrogen) atoms. The number of anilines is 1. The van der Waals surface area contributed by atoms with Crippen molar-refractivity contribution < 1.29 is 8.42 Å². The van der Waals surface area contributed by atoms with Crippen molar-refractivity contribution >= 4 is 16.0 Å². The molecule has 2 aliphatic heterocycles. The molecule has 1 aromatic heterocycles. The van der Waals surface area contributed by atoms with Gasteiger partial charge in [0.1, 0.15) is 0 Å². The molecule has 0 amide bonds. The summed E-state index contributed by atoms with van der Waals surface area (Å²) in [7, 11) is -3.18. The summed E-state index contributed by atoms with van der Waals surface area (Å²) < 4.78 is 25.7. The van der Waals surface area contributed by atoms with E-state index >= 15 is 0 Å². The highest BCUT2D eigenvalue weighted by Gasteiger charge is 2.26. The second-order valence-electron chi connectivity index (χ2n) is 8.38. The summed E-state index contributed by atoms with van der Waals surface area (Å²) in [6.07, 6.45) is 0. The fourth-order valence-corrected chi connectivity index (χ4v) is 5.35. The zero-order chi connectivity index (χ0) is 22.6. The van der Waals surface area contributed by atoms with Gasteiger partial charge >= 0.3 is 0 Å². The standard InChI is InChI=1S/C22H32N6O3S/c1-2-32(30,31)28-14-12-27(13-15-28)22-23-20(16-21(29)24-22)18-26-10-8-25(9-11-26)17-19-6-4-3-5-7-19/h3-7,16H,2,8-15,17-18H2,1H3,(H,23,24,29). The second-order valence-corrected chi connectivity index (χ2v) is 10.6. The Morgan fingerprint density at radius 1 is 0.906 bits per heavy atom. The average molecular weight is 461 g/mol. The number of piperazine rings is 2. The first kappa shape index (κ1) is 22.9. The lowest BCUT2D eigenvalue weighted by Crippen LogP contribution is -2.50. The first-order valence-electron chi connectivity index (χ1n) is 11.2. The van der Waals surface area contributed by atoms with Crippen LogP contribution in [-0.4, -0.2) is 90.6 Å². The SMILES string of the molecule is CCS(=O)(=O)N1CCN(c2nc(CN3CCN(Cc4ccccc4)CC3)cc(=O)[nH]2)CC1. The Balaban J connectivity index is 1.32. The lowest BCUT2D eigenvalue weighted by atomic mass is 10.2. The Bertz CT molecular complexity index is 1040. The quantitative estimate of drug-likeness (QED) is 0.645. The van der Waals surface area contributed by atoms with Gasteiger partial charge in [0.05, 0.1) is 11.4 Å². The number of hydrogen-bond acceptors (Lipinski definition) is 7. The molecule has 2 fully saturated rings. The molecule has 0 saturated carbocycles. The molecule has 0 bridgehead atoms. The van der Waals surface area contributed by atoms with Gasteiger partial charge in [0, 0.05) is 71.5 Å². The summed E-state index contributed by atoms with van der Waals surface area (Å²) >= 11 is 0. The maximum absolute atomic E-state index is 12.3. The van der Waals surface area contributed by atoms with Crippen molar-refractivity contribution in [2.75, 3.05) is 63.0 Å². The first-order chi connectivity index (χ1) is 15.4. The van der Waals surface area contributed by atoms with Gasteiger partial charge in [0.2, 0.25) is 16.0 Å². The van der Waals surface area contributed by atoms with E-state index in [0.29, 0.717) is 38.7 Å². The number of hydrogen-bond donors (Lipinski definition) is 1. The van der Waals surface area contributed by atoms with E-state index in [9.17, 15) is 13.2 Å². The molecule has 1 N–H and O–H groups in total. The van der Waals surface area contributed by atoms with Crippen LogP contribution in [0.3, 0.4) is 0 Å². The predicted octanol–water partition coefficient (Wildman–Crippen LogP) is 0.559. The number of sulfonamides is 1. The Labute approximate surface area is 189 Å². The van der Waals surface area contributed by atoms with Crippen molar-refractivity contribution in [3.8, 4) is 0 Å². The van der Waals surface area contributed by atoms with Crippen molar-refractivity contribution in [2.45, 2.75) is 20.0 Å². The molecule has 2 aromatic rings. The summed E-state index contributed by atoms with van der Waals surface area (Å²) in [5.74, 6) is 0.639. The average Bonchev–Trinajstić information content (AvgIpc) is 2.81. The van der Waals surface area contributed by atoms with E-state index in [1.807, 2.05) is 11.0 Å². The fourth-order valence-electron chi connectivity index (χ4n) is 4.26. The highest BCUT2D eigenvalue weighted by Crippen LogP contribution is 2.15. The summed E-state index contributed by atoms with van der Waals surface area (Å²) in [4.78, 5) is 26.5. The summed E-state index contributed by atoms with van der Waals surface area (Å²) in [5, 5.41) is 0. The monoisotopic (exact) mass is 460 g/mol. The van der Waals surface area contributed by atoms with Crippen molar-refractivity contribution in [1.82, 2.24) is 24.1 Å². The van der Waals surface area contributed by atoms with Crippen molar-refractivity contribution in [3.63, 3.8) is 0 Å².